The van der Waals surface area contributed by atoms with E-state index < -0.39 is 0 Å². The highest BCUT2D eigenvalue weighted by atomic mass is 19.1. The van der Waals surface area contributed by atoms with Crippen LogP contribution in [0.15, 0.2) is 48.5 Å². The average Bonchev–Trinajstić information content (AvgIpc) is 2.67. The fourth-order valence-corrected chi connectivity index (χ4v) is 3.33. The smallest absolute Gasteiger partial charge is 0.227 e. The number of benzene rings is 2. The van der Waals surface area contributed by atoms with Crippen molar-refractivity contribution in [1.82, 2.24) is 9.80 Å². The Morgan fingerprint density at radius 3 is 2.67 bits per heavy atom. The lowest BCUT2D eigenvalue weighted by atomic mass is 10.1. The number of amides is 1. The number of carbonyl (C=O) groups excluding carboxylic acids is 1. The minimum Gasteiger partial charge on any atom is -0.379 e. The average molecular weight is 370 g/mol. The van der Waals surface area contributed by atoms with Gasteiger partial charge in [-0.25, -0.2) is 4.39 Å². The highest BCUT2D eigenvalue weighted by molar-refractivity contribution is 5.78. The van der Waals surface area contributed by atoms with E-state index >= 15 is 0 Å². The van der Waals surface area contributed by atoms with E-state index in [1.54, 1.807) is 18.2 Å². The lowest BCUT2D eigenvalue weighted by Crippen LogP contribution is -2.43. The van der Waals surface area contributed by atoms with Gasteiger partial charge in [0.05, 0.1) is 19.6 Å². The Labute approximate surface area is 160 Å². The summed E-state index contributed by atoms with van der Waals surface area (Å²) in [6.45, 7) is 7.27. The molecule has 1 aliphatic rings. The molecule has 5 heteroatoms. The van der Waals surface area contributed by atoms with Crippen LogP contribution in [0.3, 0.4) is 0 Å². The molecule has 1 fully saturated rings. The van der Waals surface area contributed by atoms with E-state index in [0.29, 0.717) is 18.7 Å². The summed E-state index contributed by atoms with van der Waals surface area (Å²) in [7, 11) is 0. The van der Waals surface area contributed by atoms with Gasteiger partial charge < -0.3 is 9.64 Å². The molecular formula is C22H27FN2O2. The molecule has 0 spiro atoms. The van der Waals surface area contributed by atoms with Crippen molar-refractivity contribution in [3.05, 3.63) is 71.0 Å². The molecule has 4 nitrogen and oxygen atoms in total. The van der Waals surface area contributed by atoms with Gasteiger partial charge in [-0.1, -0.05) is 48.0 Å². The number of hydrogen-bond donors (Lipinski definition) is 0. The maximum absolute atomic E-state index is 14.0. The lowest BCUT2D eigenvalue weighted by molar-refractivity contribution is -0.131. The number of hydrogen-bond acceptors (Lipinski definition) is 3. The quantitative estimate of drug-likeness (QED) is 0.751. The molecule has 2 aromatic rings. The highest BCUT2D eigenvalue weighted by Gasteiger charge is 2.18. The molecule has 0 atom stereocenters. The number of carbonyl (C=O) groups is 1. The van der Waals surface area contributed by atoms with Crippen LogP contribution < -0.4 is 0 Å². The van der Waals surface area contributed by atoms with Crippen LogP contribution in [0.2, 0.25) is 0 Å². The minimum atomic E-state index is -0.325. The van der Waals surface area contributed by atoms with Crippen molar-refractivity contribution in [3.63, 3.8) is 0 Å². The highest BCUT2D eigenvalue weighted by Crippen LogP contribution is 2.13. The zero-order valence-corrected chi connectivity index (χ0v) is 15.9. The first-order valence-corrected chi connectivity index (χ1v) is 9.48. The monoisotopic (exact) mass is 370 g/mol. The van der Waals surface area contributed by atoms with Gasteiger partial charge in [-0.3, -0.25) is 9.69 Å². The van der Waals surface area contributed by atoms with Gasteiger partial charge in [-0.2, -0.15) is 0 Å². The Balaban J connectivity index is 1.69. The van der Waals surface area contributed by atoms with Gasteiger partial charge in [-0.15, -0.1) is 0 Å². The Bertz CT molecular complexity index is 759. The zero-order valence-electron chi connectivity index (χ0n) is 15.9. The molecule has 0 saturated carbocycles. The molecule has 1 amide bonds. The summed E-state index contributed by atoms with van der Waals surface area (Å²) in [4.78, 5) is 17.1. The van der Waals surface area contributed by atoms with E-state index in [1.807, 2.05) is 30.0 Å². The lowest BCUT2D eigenvalue weighted by Gasteiger charge is -2.30. The maximum Gasteiger partial charge on any atom is 0.227 e. The first-order valence-electron chi connectivity index (χ1n) is 9.48. The number of halogens is 1. The predicted molar refractivity (Wildman–Crippen MR) is 104 cm³/mol. The summed E-state index contributed by atoms with van der Waals surface area (Å²) in [6, 6.07) is 14.7. The minimum absolute atomic E-state index is 0.0464. The van der Waals surface area contributed by atoms with Gasteiger partial charge >= 0.3 is 0 Å². The SMILES string of the molecule is Cc1cccc(CN(CCN2CCOCC2)C(=O)Cc2ccccc2F)c1. The molecular weight excluding hydrogens is 343 g/mol. The molecule has 0 unspecified atom stereocenters. The molecule has 3 rings (SSSR count). The summed E-state index contributed by atoms with van der Waals surface area (Å²) < 4.78 is 19.4. The summed E-state index contributed by atoms with van der Waals surface area (Å²) in [6.07, 6.45) is 0.0849. The van der Waals surface area contributed by atoms with Gasteiger partial charge in [0.25, 0.3) is 0 Å². The van der Waals surface area contributed by atoms with E-state index in [1.165, 1.54) is 11.6 Å². The largest absolute Gasteiger partial charge is 0.379 e. The summed E-state index contributed by atoms with van der Waals surface area (Å²) in [5.74, 6) is -0.371. The third-order valence-corrected chi connectivity index (χ3v) is 4.90. The Kier molecular flexibility index (Phi) is 6.96. The number of nitrogens with zero attached hydrogens (tertiary/aromatic N) is 2. The van der Waals surface area contributed by atoms with E-state index in [2.05, 4.69) is 11.0 Å². The third kappa shape index (κ3) is 5.88. The molecule has 0 bridgehead atoms. The van der Waals surface area contributed by atoms with E-state index in [-0.39, 0.29) is 18.1 Å². The standard InChI is InChI=1S/C22H27FN2O2/c1-18-5-4-6-19(15-18)17-25(10-9-24-11-13-27-14-12-24)22(26)16-20-7-2-3-8-21(20)23/h2-8,15H,9-14,16-17H2,1H3. The van der Waals surface area contributed by atoms with E-state index in [0.717, 1.165) is 38.4 Å². The van der Waals surface area contributed by atoms with Gasteiger partial charge in [0, 0.05) is 32.7 Å². The van der Waals surface area contributed by atoms with Gasteiger partial charge in [0.1, 0.15) is 5.82 Å². The molecule has 0 radical (unpaired) electrons. The van der Waals surface area contributed by atoms with E-state index in [4.69, 9.17) is 4.74 Å². The molecule has 0 N–H and O–H groups in total. The molecule has 0 aliphatic carbocycles. The topological polar surface area (TPSA) is 32.8 Å². The van der Waals surface area contributed by atoms with Crippen molar-refractivity contribution in [3.8, 4) is 0 Å². The van der Waals surface area contributed by atoms with Crippen LogP contribution in [0.5, 0.6) is 0 Å². The summed E-state index contributed by atoms with van der Waals surface area (Å²) >= 11 is 0. The number of aryl methyl sites for hydroxylation is 1. The van der Waals surface area contributed by atoms with E-state index in [9.17, 15) is 9.18 Å². The van der Waals surface area contributed by atoms with Gasteiger partial charge in [0.2, 0.25) is 5.91 Å². The van der Waals surface area contributed by atoms with Crippen LogP contribution in [-0.4, -0.2) is 55.1 Å². The molecule has 1 aliphatic heterocycles. The van der Waals surface area contributed by atoms with Crippen LogP contribution >= 0.6 is 0 Å². The van der Waals surface area contributed by atoms with Crippen LogP contribution in [0, 0.1) is 12.7 Å². The van der Waals surface area contributed by atoms with Crippen molar-refractivity contribution in [1.29, 1.82) is 0 Å². The van der Waals surface area contributed by atoms with Crippen LogP contribution in [0.25, 0.3) is 0 Å². The molecule has 2 aromatic carbocycles. The second kappa shape index (κ2) is 9.62. The van der Waals surface area contributed by atoms with Crippen LogP contribution in [0.1, 0.15) is 16.7 Å². The Morgan fingerprint density at radius 2 is 1.93 bits per heavy atom. The number of morpholine rings is 1. The predicted octanol–water partition coefficient (Wildman–Crippen LogP) is 3.04. The van der Waals surface area contributed by atoms with Crippen LogP contribution in [-0.2, 0) is 22.5 Å². The van der Waals surface area contributed by atoms with Crippen LogP contribution in [0.4, 0.5) is 4.39 Å². The second-order valence-electron chi connectivity index (χ2n) is 7.03. The number of rotatable bonds is 7. The molecule has 1 heterocycles. The molecule has 0 aromatic heterocycles. The Hall–Kier alpha value is -2.24. The van der Waals surface area contributed by atoms with Gasteiger partial charge in [-0.05, 0) is 24.1 Å². The number of ether oxygens (including phenoxy) is 1. The van der Waals surface area contributed by atoms with Crippen molar-refractivity contribution < 1.29 is 13.9 Å². The Morgan fingerprint density at radius 1 is 1.15 bits per heavy atom. The van der Waals surface area contributed by atoms with Crippen molar-refractivity contribution >= 4 is 5.91 Å². The molecule has 144 valence electrons. The first kappa shape index (κ1) is 19.5. The van der Waals surface area contributed by atoms with Crippen molar-refractivity contribution in [2.24, 2.45) is 0 Å². The first-order chi connectivity index (χ1) is 13.1. The fourth-order valence-electron chi connectivity index (χ4n) is 3.33. The third-order valence-electron chi connectivity index (χ3n) is 4.90. The normalized spacial score (nSPS) is 14.9. The van der Waals surface area contributed by atoms with Crippen molar-refractivity contribution in [2.45, 2.75) is 19.9 Å². The molecule has 27 heavy (non-hydrogen) atoms. The summed E-state index contributed by atoms with van der Waals surface area (Å²) in [5, 5.41) is 0. The zero-order chi connectivity index (χ0) is 19.1. The maximum atomic E-state index is 14.0. The second-order valence-corrected chi connectivity index (χ2v) is 7.03. The fraction of sp³-hybridized carbons (Fsp3) is 0.409. The molecule has 1 saturated heterocycles. The van der Waals surface area contributed by atoms with Crippen molar-refractivity contribution in [2.75, 3.05) is 39.4 Å². The summed E-state index contributed by atoms with van der Waals surface area (Å²) in [5.41, 5.74) is 2.71. The van der Waals surface area contributed by atoms with Gasteiger partial charge in [0.15, 0.2) is 0 Å².